The molecule has 0 aliphatic rings. The van der Waals surface area contributed by atoms with Gasteiger partial charge >= 0.3 is 0 Å². The average molecular weight is 279 g/mol. The molecule has 3 nitrogen and oxygen atoms in total. The van der Waals surface area contributed by atoms with Crippen LogP contribution in [0.15, 0.2) is 36.4 Å². The van der Waals surface area contributed by atoms with E-state index in [1.807, 2.05) is 13.0 Å². The Morgan fingerprint density at radius 2 is 2.05 bits per heavy atom. The number of hydrogen-bond acceptors (Lipinski definition) is 2. The molecule has 0 aliphatic heterocycles. The SMILES string of the molecule is CCn1c(-c2ccc(F)c(C)c2)nc2cc(C#N)ccc21. The van der Waals surface area contributed by atoms with Crippen molar-refractivity contribution in [2.45, 2.75) is 20.4 Å². The molecule has 2 aromatic carbocycles. The van der Waals surface area contributed by atoms with Crippen LogP contribution in [-0.2, 0) is 6.54 Å². The summed E-state index contributed by atoms with van der Waals surface area (Å²) in [6.45, 7) is 4.54. The lowest BCUT2D eigenvalue weighted by Gasteiger charge is -2.07. The lowest BCUT2D eigenvalue weighted by atomic mass is 10.1. The van der Waals surface area contributed by atoms with E-state index in [0.29, 0.717) is 11.1 Å². The van der Waals surface area contributed by atoms with Crippen LogP contribution in [0.2, 0.25) is 0 Å². The normalized spacial score (nSPS) is 10.8. The van der Waals surface area contributed by atoms with Crippen LogP contribution in [-0.4, -0.2) is 9.55 Å². The van der Waals surface area contributed by atoms with Crippen LogP contribution in [0.5, 0.6) is 0 Å². The minimum atomic E-state index is -0.218. The van der Waals surface area contributed by atoms with Gasteiger partial charge in [-0.2, -0.15) is 5.26 Å². The van der Waals surface area contributed by atoms with E-state index in [1.165, 1.54) is 6.07 Å². The number of aromatic nitrogens is 2. The Morgan fingerprint density at radius 3 is 2.71 bits per heavy atom. The van der Waals surface area contributed by atoms with Gasteiger partial charge in [-0.3, -0.25) is 0 Å². The van der Waals surface area contributed by atoms with Crippen molar-refractivity contribution in [1.82, 2.24) is 9.55 Å². The van der Waals surface area contributed by atoms with Gasteiger partial charge in [0, 0.05) is 12.1 Å². The maximum Gasteiger partial charge on any atom is 0.141 e. The zero-order chi connectivity index (χ0) is 15.0. The highest BCUT2D eigenvalue weighted by atomic mass is 19.1. The summed E-state index contributed by atoms with van der Waals surface area (Å²) < 4.78 is 15.5. The van der Waals surface area contributed by atoms with Crippen molar-refractivity contribution in [3.8, 4) is 17.5 Å². The molecule has 4 heteroatoms. The first-order valence-corrected chi connectivity index (χ1v) is 6.81. The minimum absolute atomic E-state index is 0.218. The van der Waals surface area contributed by atoms with Crippen molar-refractivity contribution in [1.29, 1.82) is 5.26 Å². The summed E-state index contributed by atoms with van der Waals surface area (Å²) >= 11 is 0. The number of fused-ring (bicyclic) bond motifs is 1. The third-order valence-electron chi connectivity index (χ3n) is 3.61. The Balaban J connectivity index is 2.26. The van der Waals surface area contributed by atoms with Crippen LogP contribution < -0.4 is 0 Å². The second kappa shape index (κ2) is 5.02. The van der Waals surface area contributed by atoms with Gasteiger partial charge in [-0.1, -0.05) is 0 Å². The van der Waals surface area contributed by atoms with Crippen molar-refractivity contribution >= 4 is 11.0 Å². The fourth-order valence-corrected chi connectivity index (χ4v) is 2.52. The molecule has 0 bridgehead atoms. The Labute approximate surface area is 122 Å². The van der Waals surface area contributed by atoms with Gasteiger partial charge in [0.2, 0.25) is 0 Å². The molecular weight excluding hydrogens is 265 g/mol. The predicted octanol–water partition coefficient (Wildman–Crippen LogP) is 4.04. The second-order valence-electron chi connectivity index (χ2n) is 4.96. The van der Waals surface area contributed by atoms with E-state index in [2.05, 4.69) is 15.6 Å². The highest BCUT2D eigenvalue weighted by Gasteiger charge is 2.13. The van der Waals surface area contributed by atoms with E-state index in [1.54, 1.807) is 31.2 Å². The molecule has 0 saturated carbocycles. The fourth-order valence-electron chi connectivity index (χ4n) is 2.52. The van der Waals surface area contributed by atoms with Crippen molar-refractivity contribution in [2.24, 2.45) is 0 Å². The smallest absolute Gasteiger partial charge is 0.141 e. The number of nitrogens with zero attached hydrogens (tertiary/aromatic N) is 3. The number of rotatable bonds is 2. The lowest BCUT2D eigenvalue weighted by molar-refractivity contribution is 0.618. The second-order valence-corrected chi connectivity index (χ2v) is 4.96. The van der Waals surface area contributed by atoms with E-state index in [9.17, 15) is 4.39 Å². The summed E-state index contributed by atoms with van der Waals surface area (Å²) in [5, 5.41) is 8.99. The molecule has 0 radical (unpaired) electrons. The number of halogens is 1. The van der Waals surface area contributed by atoms with E-state index in [-0.39, 0.29) is 5.82 Å². The predicted molar refractivity (Wildman–Crippen MR) is 80.3 cm³/mol. The summed E-state index contributed by atoms with van der Waals surface area (Å²) in [5.41, 5.74) is 3.83. The summed E-state index contributed by atoms with van der Waals surface area (Å²) in [6.07, 6.45) is 0. The topological polar surface area (TPSA) is 41.6 Å². The van der Waals surface area contributed by atoms with Gasteiger partial charge in [0.15, 0.2) is 0 Å². The van der Waals surface area contributed by atoms with Crippen molar-refractivity contribution in [2.75, 3.05) is 0 Å². The van der Waals surface area contributed by atoms with Gasteiger partial charge in [0.1, 0.15) is 11.6 Å². The molecule has 21 heavy (non-hydrogen) atoms. The Kier molecular flexibility index (Phi) is 3.19. The molecule has 0 N–H and O–H groups in total. The first-order valence-electron chi connectivity index (χ1n) is 6.81. The summed E-state index contributed by atoms with van der Waals surface area (Å²) in [5.74, 6) is 0.579. The third-order valence-corrected chi connectivity index (χ3v) is 3.61. The highest BCUT2D eigenvalue weighted by molar-refractivity contribution is 5.82. The summed E-state index contributed by atoms with van der Waals surface area (Å²) in [4.78, 5) is 4.62. The quantitative estimate of drug-likeness (QED) is 0.710. The van der Waals surface area contributed by atoms with Crippen LogP contribution in [0.25, 0.3) is 22.4 Å². The number of imidazole rings is 1. The van der Waals surface area contributed by atoms with Crippen LogP contribution in [0.1, 0.15) is 18.1 Å². The zero-order valence-electron chi connectivity index (χ0n) is 11.9. The summed E-state index contributed by atoms with van der Waals surface area (Å²) in [6, 6.07) is 12.6. The Hall–Kier alpha value is -2.67. The molecular formula is C17H14FN3. The van der Waals surface area contributed by atoms with E-state index >= 15 is 0 Å². The number of benzene rings is 2. The van der Waals surface area contributed by atoms with Gasteiger partial charge < -0.3 is 4.57 Å². The Bertz CT molecular complexity index is 872. The van der Waals surface area contributed by atoms with E-state index < -0.39 is 0 Å². The molecule has 0 amide bonds. The van der Waals surface area contributed by atoms with Crippen LogP contribution >= 0.6 is 0 Å². The van der Waals surface area contributed by atoms with E-state index in [4.69, 9.17) is 5.26 Å². The molecule has 0 aliphatic carbocycles. The molecule has 104 valence electrons. The largest absolute Gasteiger partial charge is 0.324 e. The van der Waals surface area contributed by atoms with Gasteiger partial charge in [-0.15, -0.1) is 0 Å². The molecule has 1 aromatic heterocycles. The first kappa shape index (κ1) is 13.3. The molecule has 0 unspecified atom stereocenters. The fraction of sp³-hybridized carbons (Fsp3) is 0.176. The lowest BCUT2D eigenvalue weighted by Crippen LogP contribution is -1.98. The van der Waals surface area contributed by atoms with Crippen molar-refractivity contribution in [3.63, 3.8) is 0 Å². The van der Waals surface area contributed by atoms with Crippen LogP contribution in [0, 0.1) is 24.1 Å². The van der Waals surface area contributed by atoms with Gasteiger partial charge in [-0.25, -0.2) is 9.37 Å². The number of aryl methyl sites for hydroxylation is 2. The molecule has 0 spiro atoms. The third kappa shape index (κ3) is 2.17. The minimum Gasteiger partial charge on any atom is -0.324 e. The highest BCUT2D eigenvalue weighted by Crippen LogP contribution is 2.26. The molecule has 1 heterocycles. The monoisotopic (exact) mass is 279 g/mol. The van der Waals surface area contributed by atoms with Crippen LogP contribution in [0.4, 0.5) is 4.39 Å². The maximum atomic E-state index is 13.4. The van der Waals surface area contributed by atoms with Gasteiger partial charge in [0.25, 0.3) is 0 Å². The zero-order valence-corrected chi connectivity index (χ0v) is 11.9. The first-order chi connectivity index (χ1) is 10.1. The maximum absolute atomic E-state index is 13.4. The standard InChI is InChI=1S/C17H14FN3/c1-3-21-16-7-4-12(10-19)9-15(16)20-17(21)13-5-6-14(18)11(2)8-13/h4-9H,3H2,1-2H3. The molecule has 0 atom stereocenters. The van der Waals surface area contributed by atoms with Gasteiger partial charge in [-0.05, 0) is 55.8 Å². The number of hydrogen-bond donors (Lipinski definition) is 0. The van der Waals surface area contributed by atoms with E-state index in [0.717, 1.165) is 29.0 Å². The van der Waals surface area contributed by atoms with Gasteiger partial charge in [0.05, 0.1) is 22.7 Å². The average Bonchev–Trinajstić information content (AvgIpc) is 2.87. The molecule has 3 aromatic rings. The molecule has 0 fully saturated rings. The van der Waals surface area contributed by atoms with Crippen molar-refractivity contribution < 1.29 is 4.39 Å². The van der Waals surface area contributed by atoms with Crippen LogP contribution in [0.3, 0.4) is 0 Å². The molecule has 3 rings (SSSR count). The van der Waals surface area contributed by atoms with Crippen molar-refractivity contribution in [3.05, 3.63) is 53.3 Å². The Morgan fingerprint density at radius 1 is 1.24 bits per heavy atom. The summed E-state index contributed by atoms with van der Waals surface area (Å²) in [7, 11) is 0. The number of nitriles is 1. The molecule has 0 saturated heterocycles.